The summed E-state index contributed by atoms with van der Waals surface area (Å²) in [6.45, 7) is 7.90. The Morgan fingerprint density at radius 3 is 0.841 bits per heavy atom. The molecule has 0 fully saturated rings. The van der Waals surface area contributed by atoms with Crippen molar-refractivity contribution in [1.29, 1.82) is 0 Å². The summed E-state index contributed by atoms with van der Waals surface area (Å²) in [6.07, 6.45) is 43.7. The van der Waals surface area contributed by atoms with E-state index in [2.05, 4.69) is 19.2 Å². The molecule has 0 aliphatic rings. The monoisotopic (exact) mass is 621 g/mol. The molecule has 2 amide bonds. The summed E-state index contributed by atoms with van der Waals surface area (Å²) in [7, 11) is 0. The number of hydrogen-bond donors (Lipinski definition) is 1. The van der Waals surface area contributed by atoms with Crippen LogP contribution in [0.15, 0.2) is 0 Å². The van der Waals surface area contributed by atoms with Gasteiger partial charge in [0.05, 0.1) is 6.54 Å². The Morgan fingerprint density at radius 2 is 0.614 bits per heavy atom. The predicted octanol–water partition coefficient (Wildman–Crippen LogP) is 12.5. The number of hydrogen-bond acceptors (Lipinski definition) is 2. The lowest BCUT2D eigenvalue weighted by Gasteiger charge is -2.23. The molecule has 0 heterocycles. The highest BCUT2D eigenvalue weighted by atomic mass is 16.2. The number of carbonyl (C=O) groups excluding carboxylic acids is 2. The second-order valence-corrected chi connectivity index (χ2v) is 13.9. The van der Waals surface area contributed by atoms with E-state index in [0.29, 0.717) is 0 Å². The molecule has 0 aliphatic heterocycles. The van der Waals surface area contributed by atoms with E-state index < -0.39 is 0 Å². The maximum Gasteiger partial charge on any atom is 0.241 e. The summed E-state index contributed by atoms with van der Waals surface area (Å²) in [5.74, 6) is -0.0368. The Morgan fingerprint density at radius 1 is 0.386 bits per heavy atom. The first-order chi connectivity index (χ1) is 21.6. The van der Waals surface area contributed by atoms with Gasteiger partial charge >= 0.3 is 0 Å². The minimum atomic E-state index is -0.122. The molecule has 0 rings (SSSR count). The number of nitrogens with one attached hydrogen (secondary N) is 1. The predicted molar refractivity (Wildman–Crippen MR) is 194 cm³/mol. The lowest BCUT2D eigenvalue weighted by atomic mass is 10.0. The molecule has 0 atom stereocenters. The third kappa shape index (κ3) is 33.8. The Hall–Kier alpha value is -1.06. The van der Waals surface area contributed by atoms with E-state index in [1.54, 1.807) is 0 Å². The van der Waals surface area contributed by atoms with Crippen molar-refractivity contribution >= 4 is 11.8 Å². The summed E-state index contributed by atoms with van der Waals surface area (Å²) in [5.41, 5.74) is 0. The molecule has 0 saturated carbocycles. The van der Waals surface area contributed by atoms with Crippen LogP contribution in [0.1, 0.15) is 226 Å². The van der Waals surface area contributed by atoms with Crippen molar-refractivity contribution < 1.29 is 9.59 Å². The van der Waals surface area contributed by atoms with Crippen molar-refractivity contribution in [2.24, 2.45) is 0 Å². The van der Waals surface area contributed by atoms with Crippen molar-refractivity contribution in [3.63, 3.8) is 0 Å². The van der Waals surface area contributed by atoms with E-state index in [4.69, 9.17) is 0 Å². The van der Waals surface area contributed by atoms with Crippen LogP contribution in [0, 0.1) is 0 Å². The third-order valence-electron chi connectivity index (χ3n) is 9.40. The molecule has 262 valence electrons. The summed E-state index contributed by atoms with van der Waals surface area (Å²) < 4.78 is 0. The molecule has 0 aliphatic carbocycles. The molecule has 4 nitrogen and oxygen atoms in total. The van der Waals surface area contributed by atoms with E-state index in [1.165, 1.54) is 200 Å². The van der Waals surface area contributed by atoms with Gasteiger partial charge in [0.25, 0.3) is 0 Å². The zero-order valence-corrected chi connectivity index (χ0v) is 30.5. The highest BCUT2D eigenvalue weighted by Crippen LogP contribution is 2.16. The van der Waals surface area contributed by atoms with Gasteiger partial charge in [-0.1, -0.05) is 206 Å². The Balaban J connectivity index is 3.75. The summed E-state index contributed by atoms with van der Waals surface area (Å²) in [4.78, 5) is 26.1. The number of nitrogens with zero attached hydrogens (tertiary/aromatic N) is 1. The maximum atomic E-state index is 12.7. The van der Waals surface area contributed by atoms with Gasteiger partial charge in [-0.25, -0.2) is 0 Å². The van der Waals surface area contributed by atoms with Gasteiger partial charge in [-0.3, -0.25) is 9.59 Å². The van der Waals surface area contributed by atoms with Gasteiger partial charge < -0.3 is 10.2 Å². The van der Waals surface area contributed by atoms with Crippen LogP contribution in [0.4, 0.5) is 0 Å². The van der Waals surface area contributed by atoms with E-state index >= 15 is 0 Å². The molecule has 44 heavy (non-hydrogen) atoms. The first-order valence-electron chi connectivity index (χ1n) is 20.1. The molecule has 0 bridgehead atoms. The quantitative estimate of drug-likeness (QED) is 0.0708. The van der Waals surface area contributed by atoms with Crippen LogP contribution in [-0.2, 0) is 9.59 Å². The summed E-state index contributed by atoms with van der Waals surface area (Å²) in [5, 5.41) is 2.71. The molecule has 0 unspecified atom stereocenters. The van der Waals surface area contributed by atoms with Crippen LogP contribution in [-0.4, -0.2) is 36.3 Å². The minimum Gasteiger partial charge on any atom is -0.347 e. The van der Waals surface area contributed by atoms with Crippen LogP contribution in [0.5, 0.6) is 0 Å². The SMILES string of the molecule is CCCCCCCCCCCCCCCCCCN(CCCCCCCCCCCCCCCCCC)C(=O)CNC(C)=O. The van der Waals surface area contributed by atoms with Crippen LogP contribution >= 0.6 is 0 Å². The van der Waals surface area contributed by atoms with Crippen molar-refractivity contribution in [2.75, 3.05) is 19.6 Å². The summed E-state index contributed by atoms with van der Waals surface area (Å²) >= 11 is 0. The molecular formula is C40H80N2O2. The number of unbranched alkanes of at least 4 members (excludes halogenated alkanes) is 30. The fraction of sp³-hybridized carbons (Fsp3) is 0.950. The lowest BCUT2D eigenvalue weighted by molar-refractivity contribution is -0.132. The average Bonchev–Trinajstić information content (AvgIpc) is 3.02. The highest BCUT2D eigenvalue weighted by molar-refractivity contribution is 5.83. The molecular weight excluding hydrogens is 540 g/mol. The largest absolute Gasteiger partial charge is 0.347 e. The number of amides is 2. The van der Waals surface area contributed by atoms with Crippen molar-refractivity contribution in [3.05, 3.63) is 0 Å². The van der Waals surface area contributed by atoms with E-state index in [1.807, 2.05) is 4.90 Å². The topological polar surface area (TPSA) is 49.4 Å². The van der Waals surface area contributed by atoms with Crippen LogP contribution < -0.4 is 5.32 Å². The second-order valence-electron chi connectivity index (χ2n) is 13.9. The highest BCUT2D eigenvalue weighted by Gasteiger charge is 2.13. The molecule has 0 saturated heterocycles. The fourth-order valence-corrected chi connectivity index (χ4v) is 6.37. The lowest BCUT2D eigenvalue weighted by Crippen LogP contribution is -2.40. The van der Waals surface area contributed by atoms with E-state index in [9.17, 15) is 9.59 Å². The smallest absolute Gasteiger partial charge is 0.241 e. The Labute approximate surface area is 277 Å². The van der Waals surface area contributed by atoms with Crippen molar-refractivity contribution in [2.45, 2.75) is 226 Å². The molecule has 0 radical (unpaired) electrons. The van der Waals surface area contributed by atoms with Crippen molar-refractivity contribution in [3.8, 4) is 0 Å². The van der Waals surface area contributed by atoms with Crippen molar-refractivity contribution in [1.82, 2.24) is 10.2 Å². The fourth-order valence-electron chi connectivity index (χ4n) is 6.37. The zero-order chi connectivity index (χ0) is 32.2. The second kappa shape index (κ2) is 36.4. The summed E-state index contributed by atoms with van der Waals surface area (Å²) in [6, 6.07) is 0. The van der Waals surface area contributed by atoms with Gasteiger partial charge in [-0.2, -0.15) is 0 Å². The first kappa shape index (κ1) is 42.9. The Bertz CT molecular complexity index is 558. The van der Waals surface area contributed by atoms with Crippen LogP contribution in [0.2, 0.25) is 0 Å². The van der Waals surface area contributed by atoms with Gasteiger partial charge in [0.1, 0.15) is 0 Å². The molecule has 0 aromatic carbocycles. The van der Waals surface area contributed by atoms with E-state index in [-0.39, 0.29) is 18.4 Å². The first-order valence-corrected chi connectivity index (χ1v) is 20.1. The number of carbonyl (C=O) groups is 2. The maximum absolute atomic E-state index is 12.7. The van der Waals surface area contributed by atoms with Gasteiger partial charge in [0, 0.05) is 20.0 Å². The average molecular weight is 621 g/mol. The van der Waals surface area contributed by atoms with Gasteiger partial charge in [0.15, 0.2) is 0 Å². The van der Waals surface area contributed by atoms with Crippen LogP contribution in [0.3, 0.4) is 0 Å². The van der Waals surface area contributed by atoms with E-state index in [0.717, 1.165) is 25.9 Å². The molecule has 0 aromatic heterocycles. The van der Waals surface area contributed by atoms with Crippen LogP contribution in [0.25, 0.3) is 0 Å². The molecule has 0 aromatic rings. The minimum absolute atomic E-state index is 0.0853. The third-order valence-corrected chi connectivity index (χ3v) is 9.40. The van der Waals surface area contributed by atoms with Gasteiger partial charge in [-0.15, -0.1) is 0 Å². The standard InChI is InChI=1S/C40H80N2O2/c1-4-6-8-10-12-14-16-18-20-22-24-26-28-30-32-34-36-42(40(44)38-41-39(3)43)37-35-33-31-29-27-25-23-21-19-17-15-13-11-9-7-5-2/h4-38H2,1-3H3,(H,41,43). The zero-order valence-electron chi connectivity index (χ0n) is 30.5. The molecule has 0 spiro atoms. The number of rotatable bonds is 36. The van der Waals surface area contributed by atoms with Gasteiger partial charge in [-0.05, 0) is 12.8 Å². The molecule has 4 heteroatoms. The normalized spacial score (nSPS) is 11.2. The molecule has 1 N–H and O–H groups in total. The van der Waals surface area contributed by atoms with Gasteiger partial charge in [0.2, 0.25) is 11.8 Å². The Kier molecular flexibility index (Phi) is 35.5.